The molecule has 0 aliphatic carbocycles. The zero-order chi connectivity index (χ0) is 92.4. The Bertz CT molecular complexity index is 4440. The molecular formula is C91H113N2O29Si2+. The Hall–Kier alpha value is -12.1. The van der Waals surface area contributed by atoms with Gasteiger partial charge in [-0.05, 0) is 53.1 Å². The Balaban J connectivity index is 0.000000409. The molecule has 8 aromatic carbocycles. The Morgan fingerprint density at radius 2 is 0.597 bits per heavy atom. The van der Waals surface area contributed by atoms with Gasteiger partial charge in [-0.1, -0.05) is 284 Å². The van der Waals surface area contributed by atoms with Crippen LogP contribution in [0.25, 0.3) is 0 Å². The van der Waals surface area contributed by atoms with Gasteiger partial charge in [0.2, 0.25) is 0 Å². The van der Waals surface area contributed by atoms with Crippen molar-refractivity contribution in [2.75, 3.05) is 104 Å². The van der Waals surface area contributed by atoms with Gasteiger partial charge in [-0.25, -0.2) is 38.4 Å². The number of rotatable bonds is 35. The maximum Gasteiger partial charge on any atom is 0.531 e. The Morgan fingerprint density at radius 3 is 0.847 bits per heavy atom. The zero-order valence-electron chi connectivity index (χ0n) is 72.6. The summed E-state index contributed by atoms with van der Waals surface area (Å²) in [4.78, 5) is 117. The van der Waals surface area contributed by atoms with Gasteiger partial charge >= 0.3 is 65.4 Å². The second kappa shape index (κ2) is 54.4. The molecule has 0 saturated heterocycles. The molecule has 0 aliphatic rings. The first-order chi connectivity index (χ1) is 59.2. The van der Waals surface area contributed by atoms with Crippen LogP contribution in [-0.4, -0.2) is 229 Å². The highest BCUT2D eigenvalue weighted by Gasteiger charge is 2.57. The molecule has 0 radical (unpaired) electrons. The number of ether oxygens (including phenoxy) is 14. The third kappa shape index (κ3) is 30.8. The summed E-state index contributed by atoms with van der Waals surface area (Å²) in [6.07, 6.45) is -1.65. The molecule has 0 amide bonds. The molecular weight excluding hydrogens is 1640 g/mol. The largest absolute Gasteiger partial charge is 0.531 e. The molecule has 0 heterocycles. The highest BCUT2D eigenvalue weighted by Crippen LogP contribution is 2.40. The first kappa shape index (κ1) is 106. The molecule has 124 heavy (non-hydrogen) atoms. The van der Waals surface area contributed by atoms with Gasteiger partial charge in [0.15, 0.2) is 0 Å². The fraction of sp³-hybridized carbons (Fsp3) is 0.352. The molecule has 33 heteroatoms. The van der Waals surface area contributed by atoms with E-state index in [9.17, 15) is 63.3 Å². The first-order valence-corrected chi connectivity index (χ1v) is 42.1. The normalized spacial score (nSPS) is 11.1. The van der Waals surface area contributed by atoms with E-state index in [0.29, 0.717) is 0 Å². The van der Waals surface area contributed by atoms with Gasteiger partial charge in [-0.3, -0.25) is 9.59 Å². The SMILES string of the molecule is CC(C)(C)[Si](OCC(CO)(CO)OCc1ccccc1)(c1ccccc1)c1ccccc1.COC(=O)C(=[N+]=N)C(=O)OC.COC(=O)C(CO)(OCc1ccccc1)C(=O)OC.COC(=O)C(CO[Si](c1ccccc1)(c1ccccc1)C(C)(C)C)(OCc1ccccc1)C(=O)OC.COC(=O)C(OCc1ccccc1)C(=O)OC.COC(=O)CC(=O)OC. The van der Waals surface area contributed by atoms with Crippen LogP contribution < -0.4 is 20.7 Å². The van der Waals surface area contributed by atoms with Crippen molar-refractivity contribution in [2.24, 2.45) is 0 Å². The van der Waals surface area contributed by atoms with Crippen LogP contribution in [0, 0.1) is 5.53 Å². The van der Waals surface area contributed by atoms with E-state index in [0.717, 1.165) is 71.4 Å². The Labute approximate surface area is 724 Å². The van der Waals surface area contributed by atoms with Gasteiger partial charge in [0.1, 0.15) is 12.0 Å². The summed E-state index contributed by atoms with van der Waals surface area (Å²) in [6.45, 7) is 11.5. The van der Waals surface area contributed by atoms with Gasteiger partial charge in [-0.2, -0.15) is 0 Å². The lowest BCUT2D eigenvalue weighted by Gasteiger charge is -2.45. The number of carbonyl (C=O) groups is 10. The van der Waals surface area contributed by atoms with Crippen LogP contribution in [0.1, 0.15) is 70.2 Å². The third-order valence-corrected chi connectivity index (χ3v) is 28.4. The average Bonchev–Trinajstić information content (AvgIpc) is 0.744. The molecule has 0 unspecified atom stereocenters. The summed E-state index contributed by atoms with van der Waals surface area (Å²) < 4.78 is 81.0. The van der Waals surface area contributed by atoms with Crippen molar-refractivity contribution in [2.45, 2.75) is 107 Å². The summed E-state index contributed by atoms with van der Waals surface area (Å²) in [5, 5.41) is 33.6. The third-order valence-electron chi connectivity index (χ3n) is 18.5. The van der Waals surface area contributed by atoms with Crippen LogP contribution in [-0.2, 0) is 150 Å². The van der Waals surface area contributed by atoms with Crippen molar-refractivity contribution in [3.05, 3.63) is 265 Å². The second-order valence-corrected chi connectivity index (χ2v) is 37.1. The minimum absolute atomic E-state index is 0.00481. The number of methoxy groups -OCH3 is 10. The molecule has 0 fully saturated rings. The molecule has 8 rings (SSSR count). The van der Waals surface area contributed by atoms with E-state index in [4.69, 9.17) is 42.8 Å². The van der Waals surface area contributed by atoms with Crippen LogP contribution in [0.3, 0.4) is 0 Å². The van der Waals surface area contributed by atoms with E-state index in [2.05, 4.69) is 108 Å². The fourth-order valence-electron chi connectivity index (χ4n) is 11.8. The molecule has 8 aromatic rings. The van der Waals surface area contributed by atoms with Crippen LogP contribution in [0.15, 0.2) is 243 Å². The summed E-state index contributed by atoms with van der Waals surface area (Å²) in [7, 11) is 5.71. The molecule has 0 saturated carbocycles. The van der Waals surface area contributed by atoms with Crippen molar-refractivity contribution in [3.8, 4) is 0 Å². The Morgan fingerprint density at radius 1 is 0.331 bits per heavy atom. The molecule has 0 aromatic heterocycles. The number of nitrogens with one attached hydrogen (secondary N) is 1. The van der Waals surface area contributed by atoms with Crippen LogP contribution >= 0.6 is 0 Å². The number of carbonyl (C=O) groups excluding carboxylic acids is 10. The van der Waals surface area contributed by atoms with Gasteiger partial charge in [0.25, 0.3) is 33.9 Å². The highest BCUT2D eigenvalue weighted by molar-refractivity contribution is 7.00. The average molecular weight is 1760 g/mol. The van der Waals surface area contributed by atoms with Crippen LogP contribution in [0.5, 0.6) is 0 Å². The predicted octanol–water partition coefficient (Wildman–Crippen LogP) is 7.30. The second-order valence-electron chi connectivity index (χ2n) is 28.5. The Kier molecular flexibility index (Phi) is 46.6. The standard InChI is InChI=1S/C29H34O6Si.C27H34O4Si.C13H16O6.C12H14O5.C5H7N2O4.C5H8O4/c1-28(2,3)36(24-17-11-7-12-18-24,25-19-13-8-14-20-25)35-22-29(26(30)32-4,27(31)33-5)34-21-23-15-9-6-10-16-23;1-26(2,3)32(24-15-9-5-10-16-24,25-17-11-6-12-18-25)31-22-27(20-28,21-29)30-19-23-13-7-4-8-14-23;1-17-11(15)13(9-14,12(16)18-2)19-8-10-6-4-3-5-7-10;1-15-11(13)10(12(14)16-2)17-8-9-6-4-3-5-7-9;1-10-4(8)3(7-6)5(9)11-2;1-8-4(6)3-5(7)9-2/h6-20H,21-22H2,1-5H3;4-18,28-29H,19-22H2,1-3H3;3-7,14H,8-9H2,1-2H3;3-7,10H,8H2,1-2H3;6H,1-2H3;3H2,1-2H3/q;;;;+1;. The maximum absolute atomic E-state index is 13.2. The van der Waals surface area contributed by atoms with Crippen LogP contribution in [0.4, 0.5) is 0 Å². The number of hydrogen-bond acceptors (Lipinski definition) is 30. The van der Waals surface area contributed by atoms with Crippen molar-refractivity contribution in [1.82, 2.24) is 0 Å². The molecule has 0 bridgehead atoms. The topological polar surface area (TPSA) is 417 Å². The lowest BCUT2D eigenvalue weighted by molar-refractivity contribution is -0.196. The van der Waals surface area contributed by atoms with E-state index in [1.54, 1.807) is 24.3 Å². The molecule has 668 valence electrons. The molecule has 0 atom stereocenters. The van der Waals surface area contributed by atoms with E-state index in [-0.39, 0.29) is 69.4 Å². The number of esters is 10. The molecule has 0 aliphatic heterocycles. The van der Waals surface area contributed by atoms with Crippen molar-refractivity contribution >= 4 is 103 Å². The number of aliphatic hydroxyl groups is 3. The molecule has 31 nitrogen and oxygen atoms in total. The van der Waals surface area contributed by atoms with Gasteiger partial charge in [0, 0.05) is 0 Å². The minimum Gasteiger partial charge on any atom is -0.469 e. The van der Waals surface area contributed by atoms with Gasteiger partial charge in [-0.15, -0.1) is 0 Å². The van der Waals surface area contributed by atoms with Crippen molar-refractivity contribution in [1.29, 1.82) is 5.53 Å². The van der Waals surface area contributed by atoms with Gasteiger partial charge in [0.05, 0.1) is 141 Å². The summed E-state index contributed by atoms with van der Waals surface area (Å²) in [6, 6.07) is 77.7. The number of hydrogen-bond donors (Lipinski definition) is 4. The van der Waals surface area contributed by atoms with E-state index in [1.807, 2.05) is 194 Å². The monoisotopic (exact) mass is 1750 g/mol. The van der Waals surface area contributed by atoms with Crippen molar-refractivity contribution < 1.29 is 143 Å². The maximum atomic E-state index is 13.2. The smallest absolute Gasteiger partial charge is 0.469 e. The predicted molar refractivity (Wildman–Crippen MR) is 458 cm³/mol. The lowest BCUT2D eigenvalue weighted by Crippen LogP contribution is -2.69. The summed E-state index contributed by atoms with van der Waals surface area (Å²) >= 11 is 0. The summed E-state index contributed by atoms with van der Waals surface area (Å²) in [5.41, 5.74) is 3.64. The minimum atomic E-state index is -3.08. The first-order valence-electron chi connectivity index (χ1n) is 38.3. The zero-order valence-corrected chi connectivity index (χ0v) is 74.6. The molecule has 4 N–H and O–H groups in total. The fourth-order valence-corrected chi connectivity index (χ4v) is 21.1. The van der Waals surface area contributed by atoms with Gasteiger partial charge < -0.3 is 90.5 Å². The number of nitrogens with zero attached hydrogens (tertiary/aromatic N) is 1. The lowest BCUT2D eigenvalue weighted by atomic mass is 10.1. The molecule has 0 spiro atoms. The summed E-state index contributed by atoms with van der Waals surface area (Å²) in [5.74, 6) is -8.41. The highest BCUT2D eigenvalue weighted by atomic mass is 28.4. The quantitative estimate of drug-likeness (QED) is 0.00575. The van der Waals surface area contributed by atoms with Crippen molar-refractivity contribution in [3.63, 3.8) is 0 Å². The van der Waals surface area contributed by atoms with E-state index < -0.39 is 112 Å². The van der Waals surface area contributed by atoms with Crippen LogP contribution in [0.2, 0.25) is 10.1 Å². The number of benzene rings is 8. The van der Waals surface area contributed by atoms with E-state index >= 15 is 0 Å². The number of aliphatic hydroxyl groups excluding tert-OH is 3. The van der Waals surface area contributed by atoms with E-state index in [1.165, 1.54) is 42.7 Å².